The average Bonchev–Trinajstić information content (AvgIpc) is 2.61. The first-order valence-electron chi connectivity index (χ1n) is 8.67. The first kappa shape index (κ1) is 16.9. The second-order valence-electron chi connectivity index (χ2n) is 6.30. The molecule has 1 aromatic carbocycles. The Kier molecular flexibility index (Phi) is 5.67. The maximum atomic E-state index is 10.8. The Labute approximate surface area is 138 Å². The highest BCUT2D eigenvalue weighted by atomic mass is 16.7. The summed E-state index contributed by atoms with van der Waals surface area (Å²) in [7, 11) is 0. The van der Waals surface area contributed by atoms with Gasteiger partial charge in [-0.25, -0.2) is 0 Å². The lowest BCUT2D eigenvalue weighted by Crippen LogP contribution is -2.69. The highest BCUT2D eigenvalue weighted by Gasteiger charge is 2.46. The van der Waals surface area contributed by atoms with E-state index in [9.17, 15) is 5.11 Å². The van der Waals surface area contributed by atoms with E-state index >= 15 is 0 Å². The molecule has 3 rings (SSSR count). The standard InChI is InChI=1S/C18H28N2O3/c1-3-19-10-11-20(4-2)16-15(19)13-23-18(17(16)21)22-12-14-8-6-5-7-9-14/h5-9,15-18,21H,3-4,10-13H2,1-2H3/t15-,16-,17+,18-/m0/s1. The Hall–Kier alpha value is -0.980. The van der Waals surface area contributed by atoms with Gasteiger partial charge in [0.15, 0.2) is 6.29 Å². The summed E-state index contributed by atoms with van der Waals surface area (Å²) in [6.07, 6.45) is -1.17. The van der Waals surface area contributed by atoms with Gasteiger partial charge in [0, 0.05) is 13.1 Å². The molecule has 1 N–H and O–H groups in total. The second kappa shape index (κ2) is 7.73. The Morgan fingerprint density at radius 1 is 1.13 bits per heavy atom. The van der Waals surface area contributed by atoms with E-state index in [1.54, 1.807) is 0 Å². The first-order chi connectivity index (χ1) is 11.2. The SMILES string of the molecule is CCN1CCN(CC)[C@H]2CO[C@H](OCc3ccccc3)[C@H](O)[C@H]21. The number of nitrogens with zero attached hydrogens (tertiary/aromatic N) is 2. The van der Waals surface area contributed by atoms with Crippen LogP contribution in [0.15, 0.2) is 30.3 Å². The Morgan fingerprint density at radius 2 is 1.83 bits per heavy atom. The molecular formula is C18H28N2O3. The molecule has 0 saturated carbocycles. The summed E-state index contributed by atoms with van der Waals surface area (Å²) in [6, 6.07) is 10.4. The summed E-state index contributed by atoms with van der Waals surface area (Å²) in [6.45, 7) is 9.37. The van der Waals surface area contributed by atoms with Crippen LogP contribution in [-0.4, -0.2) is 72.2 Å². The smallest absolute Gasteiger partial charge is 0.185 e. The van der Waals surface area contributed by atoms with Gasteiger partial charge < -0.3 is 14.6 Å². The van der Waals surface area contributed by atoms with Crippen molar-refractivity contribution in [1.29, 1.82) is 0 Å². The van der Waals surface area contributed by atoms with Gasteiger partial charge >= 0.3 is 0 Å². The summed E-state index contributed by atoms with van der Waals surface area (Å²) in [5.74, 6) is 0. The minimum Gasteiger partial charge on any atom is -0.386 e. The molecular weight excluding hydrogens is 292 g/mol. The molecule has 5 heteroatoms. The van der Waals surface area contributed by atoms with E-state index in [2.05, 4.69) is 23.6 Å². The van der Waals surface area contributed by atoms with Crippen molar-refractivity contribution < 1.29 is 14.6 Å². The van der Waals surface area contributed by atoms with Crippen molar-refractivity contribution >= 4 is 0 Å². The van der Waals surface area contributed by atoms with Crippen molar-refractivity contribution in [2.24, 2.45) is 0 Å². The molecule has 1 aromatic rings. The fourth-order valence-corrected chi connectivity index (χ4v) is 3.79. The maximum absolute atomic E-state index is 10.8. The molecule has 2 aliphatic heterocycles. The third-order valence-electron chi connectivity index (χ3n) is 5.09. The van der Waals surface area contributed by atoms with Gasteiger partial charge in [-0.2, -0.15) is 0 Å². The van der Waals surface area contributed by atoms with E-state index in [0.29, 0.717) is 13.2 Å². The zero-order valence-corrected chi connectivity index (χ0v) is 14.1. The maximum Gasteiger partial charge on any atom is 0.185 e. The molecule has 2 fully saturated rings. The fourth-order valence-electron chi connectivity index (χ4n) is 3.79. The molecule has 2 heterocycles. The summed E-state index contributed by atoms with van der Waals surface area (Å²) in [4.78, 5) is 4.77. The number of aliphatic hydroxyl groups is 1. The van der Waals surface area contributed by atoms with Crippen molar-refractivity contribution in [3.8, 4) is 0 Å². The van der Waals surface area contributed by atoms with Gasteiger partial charge in [-0.05, 0) is 18.7 Å². The zero-order valence-electron chi connectivity index (χ0n) is 14.1. The first-order valence-corrected chi connectivity index (χ1v) is 8.67. The van der Waals surface area contributed by atoms with Gasteiger partial charge in [0.05, 0.1) is 25.3 Å². The van der Waals surface area contributed by atoms with E-state index in [1.807, 2.05) is 30.3 Å². The minimum absolute atomic E-state index is 0.0863. The van der Waals surface area contributed by atoms with E-state index in [-0.39, 0.29) is 12.1 Å². The third kappa shape index (κ3) is 3.59. The van der Waals surface area contributed by atoms with Crippen LogP contribution in [0.1, 0.15) is 19.4 Å². The Balaban J connectivity index is 1.66. The monoisotopic (exact) mass is 320 g/mol. The molecule has 5 nitrogen and oxygen atoms in total. The van der Waals surface area contributed by atoms with E-state index < -0.39 is 12.4 Å². The molecule has 2 saturated heterocycles. The van der Waals surface area contributed by atoms with Crippen molar-refractivity contribution in [2.75, 3.05) is 32.8 Å². The summed E-state index contributed by atoms with van der Waals surface area (Å²) < 4.78 is 11.7. The number of hydrogen-bond donors (Lipinski definition) is 1. The van der Waals surface area contributed by atoms with Crippen LogP contribution >= 0.6 is 0 Å². The largest absolute Gasteiger partial charge is 0.386 e. The van der Waals surface area contributed by atoms with E-state index in [1.165, 1.54) is 0 Å². The third-order valence-corrected chi connectivity index (χ3v) is 5.09. The van der Waals surface area contributed by atoms with Crippen molar-refractivity contribution in [1.82, 2.24) is 9.80 Å². The van der Waals surface area contributed by atoms with Crippen molar-refractivity contribution in [3.05, 3.63) is 35.9 Å². The molecule has 0 aromatic heterocycles. The Bertz CT molecular complexity index is 484. The van der Waals surface area contributed by atoms with Gasteiger partial charge in [-0.15, -0.1) is 0 Å². The highest BCUT2D eigenvalue weighted by Crippen LogP contribution is 2.28. The van der Waals surface area contributed by atoms with Crippen LogP contribution < -0.4 is 0 Å². The van der Waals surface area contributed by atoms with Crippen molar-refractivity contribution in [2.45, 2.75) is 44.9 Å². The van der Waals surface area contributed by atoms with Crippen LogP contribution in [0.4, 0.5) is 0 Å². The quantitative estimate of drug-likeness (QED) is 0.886. The molecule has 0 spiro atoms. The van der Waals surface area contributed by atoms with Gasteiger partial charge in [0.25, 0.3) is 0 Å². The average molecular weight is 320 g/mol. The summed E-state index contributed by atoms with van der Waals surface area (Å²) in [5.41, 5.74) is 1.09. The summed E-state index contributed by atoms with van der Waals surface area (Å²) >= 11 is 0. The minimum atomic E-state index is -0.619. The fraction of sp³-hybridized carbons (Fsp3) is 0.667. The van der Waals surface area contributed by atoms with Crippen molar-refractivity contribution in [3.63, 3.8) is 0 Å². The molecule has 23 heavy (non-hydrogen) atoms. The molecule has 4 atom stereocenters. The van der Waals surface area contributed by atoms with Crippen LogP contribution in [0.25, 0.3) is 0 Å². The molecule has 0 unspecified atom stereocenters. The lowest BCUT2D eigenvalue weighted by atomic mass is 9.93. The molecule has 2 aliphatic rings. The van der Waals surface area contributed by atoms with Gasteiger partial charge in [-0.3, -0.25) is 9.80 Å². The molecule has 0 amide bonds. The van der Waals surface area contributed by atoms with Crippen LogP contribution in [-0.2, 0) is 16.1 Å². The van der Waals surface area contributed by atoms with Gasteiger partial charge in [0.1, 0.15) is 6.10 Å². The number of piperazine rings is 1. The molecule has 0 aliphatic carbocycles. The van der Waals surface area contributed by atoms with Crippen LogP contribution in [0.5, 0.6) is 0 Å². The van der Waals surface area contributed by atoms with Crippen LogP contribution in [0.2, 0.25) is 0 Å². The normalized spacial score (nSPS) is 32.7. The number of fused-ring (bicyclic) bond motifs is 1. The predicted octanol–water partition coefficient (Wildman–Crippen LogP) is 1.31. The lowest BCUT2D eigenvalue weighted by Gasteiger charge is -2.52. The van der Waals surface area contributed by atoms with Crippen LogP contribution in [0, 0.1) is 0 Å². The Morgan fingerprint density at radius 3 is 2.52 bits per heavy atom. The molecule has 0 radical (unpaired) electrons. The van der Waals surface area contributed by atoms with E-state index in [0.717, 1.165) is 31.7 Å². The molecule has 0 bridgehead atoms. The highest BCUT2D eigenvalue weighted by molar-refractivity contribution is 5.13. The number of rotatable bonds is 5. The number of hydrogen-bond acceptors (Lipinski definition) is 5. The topological polar surface area (TPSA) is 45.2 Å². The number of benzene rings is 1. The van der Waals surface area contributed by atoms with Gasteiger partial charge in [0.2, 0.25) is 0 Å². The summed E-state index contributed by atoms with van der Waals surface area (Å²) in [5, 5.41) is 10.8. The second-order valence-corrected chi connectivity index (χ2v) is 6.30. The predicted molar refractivity (Wildman–Crippen MR) is 89.0 cm³/mol. The lowest BCUT2D eigenvalue weighted by molar-refractivity contribution is -0.261. The van der Waals surface area contributed by atoms with Gasteiger partial charge in [-0.1, -0.05) is 44.2 Å². The number of likely N-dealkylation sites (N-methyl/N-ethyl adjacent to an activating group) is 2. The van der Waals surface area contributed by atoms with Crippen LogP contribution in [0.3, 0.4) is 0 Å². The number of ether oxygens (including phenoxy) is 2. The molecule has 128 valence electrons. The number of aliphatic hydroxyl groups excluding tert-OH is 1. The van der Waals surface area contributed by atoms with E-state index in [4.69, 9.17) is 9.47 Å². The zero-order chi connectivity index (χ0) is 16.2.